The molecule has 0 spiro atoms. The number of halogens is 2. The molecular formula is C15H19ClFN. The molecule has 1 nitrogen and oxygen atoms in total. The molecule has 2 aliphatic carbocycles. The molecule has 0 aliphatic heterocycles. The van der Waals surface area contributed by atoms with Gasteiger partial charge in [-0.05, 0) is 56.2 Å². The summed E-state index contributed by atoms with van der Waals surface area (Å²) in [6, 6.07) is 5.75. The van der Waals surface area contributed by atoms with E-state index >= 15 is 0 Å². The van der Waals surface area contributed by atoms with Gasteiger partial charge >= 0.3 is 0 Å². The highest BCUT2D eigenvalue weighted by Gasteiger charge is 2.33. The van der Waals surface area contributed by atoms with Crippen molar-refractivity contribution in [2.75, 3.05) is 6.54 Å². The Hall–Kier alpha value is -0.600. The van der Waals surface area contributed by atoms with E-state index in [9.17, 15) is 4.39 Å². The predicted octanol–water partition coefficient (Wildman–Crippen LogP) is 4.11. The Bertz CT molecular complexity index is 410. The molecular weight excluding hydrogens is 249 g/mol. The average molecular weight is 268 g/mol. The van der Waals surface area contributed by atoms with Crippen molar-refractivity contribution in [1.82, 2.24) is 5.32 Å². The lowest BCUT2D eigenvalue weighted by molar-refractivity contribution is 0.431. The van der Waals surface area contributed by atoms with E-state index in [-0.39, 0.29) is 5.82 Å². The van der Waals surface area contributed by atoms with Gasteiger partial charge in [0.2, 0.25) is 0 Å². The topological polar surface area (TPSA) is 12.0 Å². The lowest BCUT2D eigenvalue weighted by Gasteiger charge is -2.22. The maximum absolute atomic E-state index is 14.0. The Morgan fingerprint density at radius 1 is 1.22 bits per heavy atom. The molecule has 2 unspecified atom stereocenters. The summed E-state index contributed by atoms with van der Waals surface area (Å²) in [4.78, 5) is 0. The summed E-state index contributed by atoms with van der Waals surface area (Å²) in [6.45, 7) is 1.01. The van der Waals surface area contributed by atoms with Crippen molar-refractivity contribution in [2.45, 2.75) is 44.1 Å². The van der Waals surface area contributed by atoms with Gasteiger partial charge in [-0.25, -0.2) is 4.39 Å². The fraction of sp³-hybridized carbons (Fsp3) is 0.600. The van der Waals surface area contributed by atoms with E-state index in [1.165, 1.54) is 31.7 Å². The van der Waals surface area contributed by atoms with Crippen LogP contribution in [-0.4, -0.2) is 12.6 Å². The third-order valence-corrected chi connectivity index (χ3v) is 4.61. The van der Waals surface area contributed by atoms with Crippen LogP contribution in [0.25, 0.3) is 0 Å². The summed E-state index contributed by atoms with van der Waals surface area (Å²) in [5.41, 5.74) is 0.749. The zero-order valence-corrected chi connectivity index (χ0v) is 11.2. The molecule has 3 rings (SSSR count). The first-order valence-corrected chi connectivity index (χ1v) is 7.31. The van der Waals surface area contributed by atoms with Gasteiger partial charge in [0.15, 0.2) is 0 Å². The summed E-state index contributed by atoms with van der Waals surface area (Å²) in [5.74, 6) is 0.704. The van der Waals surface area contributed by atoms with Crippen molar-refractivity contribution in [2.24, 2.45) is 5.92 Å². The van der Waals surface area contributed by atoms with Crippen LogP contribution in [0.4, 0.5) is 4.39 Å². The maximum atomic E-state index is 14.0. The van der Waals surface area contributed by atoms with Crippen molar-refractivity contribution in [1.29, 1.82) is 0 Å². The highest BCUT2D eigenvalue weighted by atomic mass is 35.5. The molecule has 2 saturated carbocycles. The second-order valence-electron chi connectivity index (χ2n) is 5.62. The molecule has 0 radical (unpaired) electrons. The second-order valence-corrected chi connectivity index (χ2v) is 6.02. The highest BCUT2D eigenvalue weighted by Crippen LogP contribution is 2.43. The fourth-order valence-electron chi connectivity index (χ4n) is 3.13. The quantitative estimate of drug-likeness (QED) is 0.866. The van der Waals surface area contributed by atoms with E-state index in [2.05, 4.69) is 5.32 Å². The first-order valence-electron chi connectivity index (χ1n) is 6.93. The summed E-state index contributed by atoms with van der Waals surface area (Å²) in [5, 5.41) is 4.17. The van der Waals surface area contributed by atoms with E-state index in [0.29, 0.717) is 16.9 Å². The van der Waals surface area contributed by atoms with Crippen molar-refractivity contribution in [3.8, 4) is 0 Å². The minimum atomic E-state index is -0.133. The largest absolute Gasteiger partial charge is 0.314 e. The van der Waals surface area contributed by atoms with E-state index in [4.69, 9.17) is 11.6 Å². The van der Waals surface area contributed by atoms with Crippen LogP contribution in [0.3, 0.4) is 0 Å². The van der Waals surface area contributed by atoms with E-state index < -0.39 is 0 Å². The van der Waals surface area contributed by atoms with Gasteiger partial charge in [-0.2, -0.15) is 0 Å². The predicted molar refractivity (Wildman–Crippen MR) is 72.5 cm³/mol. The number of nitrogens with one attached hydrogen (secondary N) is 1. The normalized spacial score (nSPS) is 27.7. The smallest absolute Gasteiger partial charge is 0.128 e. The van der Waals surface area contributed by atoms with Gasteiger partial charge in [-0.15, -0.1) is 0 Å². The molecule has 0 bridgehead atoms. The van der Waals surface area contributed by atoms with Gasteiger partial charge in [0.1, 0.15) is 5.82 Å². The molecule has 0 amide bonds. The zero-order chi connectivity index (χ0) is 12.5. The third-order valence-electron chi connectivity index (χ3n) is 4.28. The van der Waals surface area contributed by atoms with Crippen LogP contribution in [0, 0.1) is 11.7 Å². The first kappa shape index (κ1) is 12.4. The van der Waals surface area contributed by atoms with Gasteiger partial charge in [0.05, 0.1) is 0 Å². The van der Waals surface area contributed by atoms with Crippen LogP contribution < -0.4 is 5.32 Å². The van der Waals surface area contributed by atoms with Crippen molar-refractivity contribution in [3.63, 3.8) is 0 Å². The molecule has 18 heavy (non-hydrogen) atoms. The molecule has 1 aromatic carbocycles. The molecule has 0 saturated heterocycles. The van der Waals surface area contributed by atoms with Crippen LogP contribution in [0.15, 0.2) is 18.2 Å². The minimum absolute atomic E-state index is 0.133. The van der Waals surface area contributed by atoms with Gasteiger partial charge < -0.3 is 5.32 Å². The van der Waals surface area contributed by atoms with E-state index in [1.54, 1.807) is 6.07 Å². The molecule has 0 heterocycles. The zero-order valence-electron chi connectivity index (χ0n) is 10.5. The molecule has 1 N–H and O–H groups in total. The van der Waals surface area contributed by atoms with Crippen LogP contribution >= 0.6 is 11.6 Å². The second kappa shape index (κ2) is 5.18. The van der Waals surface area contributed by atoms with Gasteiger partial charge in [-0.1, -0.05) is 24.1 Å². The summed E-state index contributed by atoms with van der Waals surface area (Å²) in [6.07, 6.45) is 6.05. The van der Waals surface area contributed by atoms with E-state index in [1.807, 2.05) is 6.07 Å². The minimum Gasteiger partial charge on any atom is -0.314 e. The Labute approximate surface area is 113 Å². The van der Waals surface area contributed by atoms with Crippen molar-refractivity contribution in [3.05, 3.63) is 34.6 Å². The summed E-state index contributed by atoms with van der Waals surface area (Å²) >= 11 is 6.19. The van der Waals surface area contributed by atoms with Crippen molar-refractivity contribution < 1.29 is 4.39 Å². The molecule has 2 aliphatic rings. The molecule has 2 atom stereocenters. The molecule has 98 valence electrons. The SMILES string of the molecule is Fc1cccc(Cl)c1C1CCCC1CNC1CC1. The lowest BCUT2D eigenvalue weighted by Crippen LogP contribution is -2.26. The Balaban J connectivity index is 1.76. The van der Waals surface area contributed by atoms with Gasteiger partial charge in [0.25, 0.3) is 0 Å². The Morgan fingerprint density at radius 3 is 2.78 bits per heavy atom. The third kappa shape index (κ3) is 2.55. The van der Waals surface area contributed by atoms with Crippen LogP contribution in [0.5, 0.6) is 0 Å². The van der Waals surface area contributed by atoms with Crippen molar-refractivity contribution >= 4 is 11.6 Å². The maximum Gasteiger partial charge on any atom is 0.128 e. The standard InChI is InChI=1S/C15H19ClFN/c16-13-5-2-6-14(17)15(13)12-4-1-3-10(12)9-18-11-7-8-11/h2,5-6,10-12,18H,1,3-4,7-9H2. The molecule has 3 heteroatoms. The Morgan fingerprint density at radius 2 is 2.06 bits per heavy atom. The van der Waals surface area contributed by atoms with Crippen LogP contribution in [-0.2, 0) is 0 Å². The first-order chi connectivity index (χ1) is 8.75. The average Bonchev–Trinajstić information content (AvgIpc) is 3.06. The number of hydrogen-bond donors (Lipinski definition) is 1. The number of benzene rings is 1. The molecule has 1 aromatic rings. The van der Waals surface area contributed by atoms with Gasteiger partial charge in [-0.3, -0.25) is 0 Å². The van der Waals surface area contributed by atoms with Crippen LogP contribution in [0.2, 0.25) is 5.02 Å². The lowest BCUT2D eigenvalue weighted by atomic mass is 9.88. The summed E-state index contributed by atoms with van der Waals surface area (Å²) < 4.78 is 14.0. The van der Waals surface area contributed by atoms with E-state index in [0.717, 1.165) is 24.6 Å². The van der Waals surface area contributed by atoms with Gasteiger partial charge in [0, 0.05) is 16.6 Å². The number of rotatable bonds is 4. The van der Waals surface area contributed by atoms with Crippen LogP contribution in [0.1, 0.15) is 43.6 Å². The highest BCUT2D eigenvalue weighted by molar-refractivity contribution is 6.31. The molecule has 2 fully saturated rings. The summed E-state index contributed by atoms with van der Waals surface area (Å²) in [7, 11) is 0. The Kier molecular flexibility index (Phi) is 3.58. The number of hydrogen-bond acceptors (Lipinski definition) is 1. The monoisotopic (exact) mass is 267 g/mol. The fourth-order valence-corrected chi connectivity index (χ4v) is 3.43. The molecule has 0 aromatic heterocycles.